The molecule has 0 saturated carbocycles. The van der Waals surface area contributed by atoms with E-state index >= 15 is 0 Å². The van der Waals surface area contributed by atoms with Crippen LogP contribution < -0.4 is 14.9 Å². The Labute approximate surface area is 207 Å². The molecule has 0 aliphatic carbocycles. The van der Waals surface area contributed by atoms with Crippen LogP contribution in [0.5, 0.6) is 11.5 Å². The van der Waals surface area contributed by atoms with Crippen LogP contribution in [0, 0.1) is 0 Å². The second-order valence-electron chi connectivity index (χ2n) is 7.44. The smallest absolute Gasteiger partial charge is 0.343 e. The molecule has 0 radical (unpaired) electrons. The summed E-state index contributed by atoms with van der Waals surface area (Å²) in [5.74, 6) is 0.109. The number of hydrogen-bond acceptors (Lipinski definition) is 5. The van der Waals surface area contributed by atoms with Crippen molar-refractivity contribution in [2.45, 2.75) is 0 Å². The number of nitrogens with one attached hydrogen (secondary N) is 1. The summed E-state index contributed by atoms with van der Waals surface area (Å²) in [5, 5.41) is 4.47. The molecule has 0 spiro atoms. The predicted octanol–water partition coefficient (Wildman–Crippen LogP) is 5.76. The number of rotatable bonds is 8. The van der Waals surface area contributed by atoms with Gasteiger partial charge in [-0.3, -0.25) is 4.79 Å². The third-order valence-corrected chi connectivity index (χ3v) is 5.16. The van der Waals surface area contributed by atoms with Crippen molar-refractivity contribution in [2.75, 3.05) is 6.61 Å². The highest BCUT2D eigenvalue weighted by molar-refractivity contribution is 6.30. The zero-order chi connectivity index (χ0) is 24.5. The average molecular weight is 485 g/mol. The van der Waals surface area contributed by atoms with Crippen LogP contribution in [0.15, 0.2) is 108 Å². The van der Waals surface area contributed by atoms with Crippen molar-refractivity contribution in [3.63, 3.8) is 0 Å². The Morgan fingerprint density at radius 2 is 1.40 bits per heavy atom. The SMILES string of the molecule is O=C(COc1ccc(-c2ccccc2)cc1)NN=Cc1ccc(OC(=O)c2ccc(Cl)cc2)cc1. The first-order valence-electron chi connectivity index (χ1n) is 10.7. The van der Waals surface area contributed by atoms with Crippen LogP contribution in [0.25, 0.3) is 11.1 Å². The summed E-state index contributed by atoms with van der Waals surface area (Å²) >= 11 is 5.83. The van der Waals surface area contributed by atoms with Crippen molar-refractivity contribution < 1.29 is 19.1 Å². The van der Waals surface area contributed by atoms with Crippen molar-refractivity contribution in [2.24, 2.45) is 5.10 Å². The largest absolute Gasteiger partial charge is 0.484 e. The molecule has 4 rings (SSSR count). The van der Waals surface area contributed by atoms with E-state index in [1.807, 2.05) is 54.6 Å². The predicted molar refractivity (Wildman–Crippen MR) is 136 cm³/mol. The fraction of sp³-hybridized carbons (Fsp3) is 0.0357. The number of carbonyl (C=O) groups excluding carboxylic acids is 2. The van der Waals surface area contributed by atoms with Gasteiger partial charge in [-0.25, -0.2) is 10.2 Å². The highest BCUT2D eigenvalue weighted by Gasteiger charge is 2.08. The van der Waals surface area contributed by atoms with E-state index in [0.29, 0.717) is 27.6 Å². The van der Waals surface area contributed by atoms with Gasteiger partial charge in [0.15, 0.2) is 6.61 Å². The van der Waals surface area contributed by atoms with E-state index in [1.165, 1.54) is 6.21 Å². The summed E-state index contributed by atoms with van der Waals surface area (Å²) in [4.78, 5) is 24.2. The Kier molecular flexibility index (Phi) is 7.88. The first kappa shape index (κ1) is 23.7. The van der Waals surface area contributed by atoms with Crippen molar-refractivity contribution in [3.05, 3.63) is 119 Å². The van der Waals surface area contributed by atoms with E-state index in [9.17, 15) is 9.59 Å². The van der Waals surface area contributed by atoms with E-state index in [0.717, 1.165) is 11.1 Å². The zero-order valence-electron chi connectivity index (χ0n) is 18.6. The maximum Gasteiger partial charge on any atom is 0.343 e. The van der Waals surface area contributed by atoms with Crippen LogP contribution in [-0.4, -0.2) is 24.7 Å². The second-order valence-corrected chi connectivity index (χ2v) is 7.87. The standard InChI is InChI=1S/C28H21ClN2O4/c29-24-12-8-23(9-13-24)28(33)35-26-14-6-20(7-15-26)18-30-31-27(32)19-34-25-16-10-22(11-17-25)21-4-2-1-3-5-21/h1-18H,19H2,(H,31,32). The minimum atomic E-state index is -0.481. The number of halogens is 1. The van der Waals surface area contributed by atoms with Crippen LogP contribution in [0.4, 0.5) is 0 Å². The Bertz CT molecular complexity index is 1300. The lowest BCUT2D eigenvalue weighted by Gasteiger charge is -2.07. The minimum Gasteiger partial charge on any atom is -0.484 e. The first-order chi connectivity index (χ1) is 17.1. The monoisotopic (exact) mass is 484 g/mol. The summed E-state index contributed by atoms with van der Waals surface area (Å²) in [6.45, 7) is -0.165. The normalized spacial score (nSPS) is 10.7. The molecule has 6 nitrogen and oxygen atoms in total. The third kappa shape index (κ3) is 7.03. The second kappa shape index (κ2) is 11.6. The summed E-state index contributed by atoms with van der Waals surface area (Å²) in [5.41, 5.74) is 5.72. The molecule has 1 amide bonds. The molecule has 7 heteroatoms. The molecule has 0 unspecified atom stereocenters. The van der Waals surface area contributed by atoms with Gasteiger partial charge in [-0.05, 0) is 77.4 Å². The number of esters is 1. The molecule has 0 atom stereocenters. The van der Waals surface area contributed by atoms with Crippen LogP contribution in [0.3, 0.4) is 0 Å². The van der Waals surface area contributed by atoms with Crippen LogP contribution >= 0.6 is 11.6 Å². The zero-order valence-corrected chi connectivity index (χ0v) is 19.3. The molecule has 4 aromatic rings. The number of benzene rings is 4. The Balaban J connectivity index is 1.22. The molecule has 1 N–H and O–H groups in total. The third-order valence-electron chi connectivity index (χ3n) is 4.90. The topological polar surface area (TPSA) is 77.0 Å². The van der Waals surface area contributed by atoms with Crippen molar-refractivity contribution >= 4 is 29.7 Å². The maximum absolute atomic E-state index is 12.2. The van der Waals surface area contributed by atoms with Crippen molar-refractivity contribution in [1.29, 1.82) is 0 Å². The summed E-state index contributed by atoms with van der Waals surface area (Å²) in [6.07, 6.45) is 1.48. The lowest BCUT2D eigenvalue weighted by Crippen LogP contribution is -2.24. The Hall–Kier alpha value is -4.42. The molecule has 0 fully saturated rings. The van der Waals surface area contributed by atoms with Gasteiger partial charge in [-0.15, -0.1) is 0 Å². The molecule has 0 aliphatic heterocycles. The average Bonchev–Trinajstić information content (AvgIpc) is 2.90. The van der Waals surface area contributed by atoms with Gasteiger partial charge in [0.1, 0.15) is 11.5 Å². The molecular weight excluding hydrogens is 464 g/mol. The Morgan fingerprint density at radius 1 is 0.771 bits per heavy atom. The summed E-state index contributed by atoms with van der Waals surface area (Å²) < 4.78 is 10.8. The molecule has 0 saturated heterocycles. The number of nitrogens with zero attached hydrogens (tertiary/aromatic N) is 1. The summed E-state index contributed by atoms with van der Waals surface area (Å²) in [7, 11) is 0. The van der Waals surface area contributed by atoms with Crippen LogP contribution in [0.2, 0.25) is 5.02 Å². The quantitative estimate of drug-likeness (QED) is 0.149. The van der Waals surface area contributed by atoms with E-state index in [-0.39, 0.29) is 12.5 Å². The first-order valence-corrected chi connectivity index (χ1v) is 11.1. The van der Waals surface area contributed by atoms with Crippen LogP contribution in [0.1, 0.15) is 15.9 Å². The van der Waals surface area contributed by atoms with Gasteiger partial charge in [0.25, 0.3) is 5.91 Å². The number of carbonyl (C=O) groups is 2. The van der Waals surface area contributed by atoms with E-state index in [1.54, 1.807) is 48.5 Å². The maximum atomic E-state index is 12.2. The van der Waals surface area contributed by atoms with E-state index in [2.05, 4.69) is 10.5 Å². The molecule has 0 heterocycles. The van der Waals surface area contributed by atoms with Gasteiger partial charge in [0.05, 0.1) is 11.8 Å². The lowest BCUT2D eigenvalue weighted by molar-refractivity contribution is -0.123. The fourth-order valence-electron chi connectivity index (χ4n) is 3.11. The highest BCUT2D eigenvalue weighted by Crippen LogP contribution is 2.22. The molecular formula is C28H21ClN2O4. The number of hydrazone groups is 1. The van der Waals surface area contributed by atoms with Crippen molar-refractivity contribution in [1.82, 2.24) is 5.43 Å². The minimum absolute atomic E-state index is 0.165. The Morgan fingerprint density at radius 3 is 2.09 bits per heavy atom. The van der Waals surface area contributed by atoms with Gasteiger partial charge >= 0.3 is 5.97 Å². The van der Waals surface area contributed by atoms with Gasteiger partial charge in [-0.1, -0.05) is 54.1 Å². The number of hydrogen-bond donors (Lipinski definition) is 1. The van der Waals surface area contributed by atoms with Crippen LogP contribution in [-0.2, 0) is 4.79 Å². The van der Waals surface area contributed by atoms with Gasteiger partial charge in [0.2, 0.25) is 0 Å². The highest BCUT2D eigenvalue weighted by atomic mass is 35.5. The number of ether oxygens (including phenoxy) is 2. The summed E-state index contributed by atoms with van der Waals surface area (Å²) in [6, 6.07) is 30.7. The van der Waals surface area contributed by atoms with E-state index in [4.69, 9.17) is 21.1 Å². The lowest BCUT2D eigenvalue weighted by atomic mass is 10.1. The molecule has 4 aromatic carbocycles. The number of amides is 1. The molecule has 0 aromatic heterocycles. The fourth-order valence-corrected chi connectivity index (χ4v) is 3.23. The molecule has 174 valence electrons. The van der Waals surface area contributed by atoms with Gasteiger partial charge in [-0.2, -0.15) is 5.10 Å². The molecule has 0 aliphatic rings. The van der Waals surface area contributed by atoms with Crippen molar-refractivity contribution in [3.8, 4) is 22.6 Å². The molecule has 35 heavy (non-hydrogen) atoms. The molecule has 0 bridgehead atoms. The van der Waals surface area contributed by atoms with Gasteiger partial charge < -0.3 is 9.47 Å². The van der Waals surface area contributed by atoms with Gasteiger partial charge in [0, 0.05) is 5.02 Å². The van der Waals surface area contributed by atoms with E-state index < -0.39 is 5.97 Å².